The number of nitrogens with zero attached hydrogens (tertiary/aromatic N) is 2. The SMILES string of the molecule is C[C@@H]1CCCC[C@@H]1NC(=O)CSc1ncc(-c2ccc(Cl)cc2)n1C1CCCC1. The Hall–Kier alpha value is -1.46. The highest BCUT2D eigenvalue weighted by atomic mass is 35.5. The minimum absolute atomic E-state index is 0.128. The van der Waals surface area contributed by atoms with Crippen LogP contribution in [0.3, 0.4) is 0 Å². The summed E-state index contributed by atoms with van der Waals surface area (Å²) < 4.78 is 2.36. The molecule has 1 aromatic heterocycles. The van der Waals surface area contributed by atoms with Gasteiger partial charge in [-0.3, -0.25) is 4.79 Å². The average molecular weight is 432 g/mol. The topological polar surface area (TPSA) is 46.9 Å². The molecular formula is C23H30ClN3OS. The number of carbonyl (C=O) groups is 1. The Labute approximate surface area is 182 Å². The molecule has 0 unspecified atom stereocenters. The van der Waals surface area contributed by atoms with E-state index in [1.54, 1.807) is 11.8 Å². The van der Waals surface area contributed by atoms with Crippen molar-refractivity contribution in [3.8, 4) is 11.3 Å². The minimum Gasteiger partial charge on any atom is -0.352 e. The van der Waals surface area contributed by atoms with Gasteiger partial charge in [-0.1, -0.05) is 68.1 Å². The molecule has 29 heavy (non-hydrogen) atoms. The molecule has 6 heteroatoms. The summed E-state index contributed by atoms with van der Waals surface area (Å²) in [5.74, 6) is 1.13. The van der Waals surface area contributed by atoms with Crippen molar-refractivity contribution in [2.24, 2.45) is 5.92 Å². The molecule has 1 amide bonds. The number of benzene rings is 1. The van der Waals surface area contributed by atoms with Gasteiger partial charge in [0, 0.05) is 17.1 Å². The molecule has 1 aromatic carbocycles. The molecule has 2 atom stereocenters. The van der Waals surface area contributed by atoms with E-state index in [-0.39, 0.29) is 5.91 Å². The lowest BCUT2D eigenvalue weighted by Crippen LogP contribution is -2.41. The standard InChI is InChI=1S/C23H30ClN3OS/c1-16-6-2-5-9-20(16)26-22(28)15-29-23-25-14-21(17-10-12-18(24)13-11-17)27(23)19-7-3-4-8-19/h10-14,16,19-20H,2-9,15H2,1H3,(H,26,28)/t16-,20+/m1/s1. The van der Waals surface area contributed by atoms with E-state index in [9.17, 15) is 4.79 Å². The largest absolute Gasteiger partial charge is 0.352 e. The van der Waals surface area contributed by atoms with Crippen LogP contribution in [0, 0.1) is 5.92 Å². The van der Waals surface area contributed by atoms with Crippen LogP contribution in [0.2, 0.25) is 5.02 Å². The molecule has 2 aliphatic carbocycles. The maximum atomic E-state index is 12.6. The first-order valence-electron chi connectivity index (χ1n) is 10.9. The molecule has 0 aliphatic heterocycles. The number of hydrogen-bond donors (Lipinski definition) is 1. The molecule has 0 bridgehead atoms. The van der Waals surface area contributed by atoms with E-state index in [1.807, 2.05) is 18.3 Å². The smallest absolute Gasteiger partial charge is 0.230 e. The van der Waals surface area contributed by atoms with Crippen molar-refractivity contribution >= 4 is 29.3 Å². The number of imidazole rings is 1. The number of rotatable bonds is 6. The van der Waals surface area contributed by atoms with Crippen LogP contribution >= 0.6 is 23.4 Å². The van der Waals surface area contributed by atoms with Crippen molar-refractivity contribution in [2.45, 2.75) is 75.5 Å². The van der Waals surface area contributed by atoms with E-state index in [1.165, 1.54) is 44.9 Å². The van der Waals surface area contributed by atoms with Gasteiger partial charge in [0.25, 0.3) is 0 Å². The molecule has 0 saturated heterocycles. The van der Waals surface area contributed by atoms with Crippen LogP contribution in [-0.4, -0.2) is 27.3 Å². The number of nitrogens with one attached hydrogen (secondary N) is 1. The molecule has 2 aliphatic rings. The molecule has 1 heterocycles. The molecule has 4 nitrogen and oxygen atoms in total. The lowest BCUT2D eigenvalue weighted by molar-refractivity contribution is -0.119. The number of carbonyl (C=O) groups excluding carboxylic acids is 1. The third-order valence-corrected chi connectivity index (χ3v) is 7.60. The zero-order valence-corrected chi connectivity index (χ0v) is 18.6. The summed E-state index contributed by atoms with van der Waals surface area (Å²) >= 11 is 7.64. The Morgan fingerprint density at radius 1 is 1.14 bits per heavy atom. The van der Waals surface area contributed by atoms with E-state index in [2.05, 4.69) is 28.9 Å². The van der Waals surface area contributed by atoms with Gasteiger partial charge in [0.15, 0.2) is 5.16 Å². The average Bonchev–Trinajstić information content (AvgIpc) is 3.38. The van der Waals surface area contributed by atoms with Gasteiger partial charge in [-0.05, 0) is 49.3 Å². The maximum absolute atomic E-state index is 12.6. The van der Waals surface area contributed by atoms with Gasteiger partial charge in [-0.2, -0.15) is 0 Å². The molecule has 2 fully saturated rings. The summed E-state index contributed by atoms with van der Waals surface area (Å²) in [5.41, 5.74) is 2.25. The number of amides is 1. The monoisotopic (exact) mass is 431 g/mol. The van der Waals surface area contributed by atoms with Gasteiger partial charge in [0.1, 0.15) is 0 Å². The van der Waals surface area contributed by atoms with Crippen LogP contribution in [0.1, 0.15) is 64.3 Å². The highest BCUT2D eigenvalue weighted by Gasteiger charge is 2.25. The predicted molar refractivity (Wildman–Crippen MR) is 120 cm³/mol. The summed E-state index contributed by atoms with van der Waals surface area (Å²) in [4.78, 5) is 17.3. The second kappa shape index (κ2) is 9.57. The van der Waals surface area contributed by atoms with Gasteiger partial charge in [-0.25, -0.2) is 4.98 Å². The molecule has 4 rings (SSSR count). The molecular weight excluding hydrogens is 402 g/mol. The molecule has 0 radical (unpaired) electrons. The quantitative estimate of drug-likeness (QED) is 0.561. The third-order valence-electron chi connectivity index (χ3n) is 6.38. The van der Waals surface area contributed by atoms with Crippen LogP contribution in [0.15, 0.2) is 35.6 Å². The van der Waals surface area contributed by atoms with Crippen LogP contribution in [0.4, 0.5) is 0 Å². The highest BCUT2D eigenvalue weighted by molar-refractivity contribution is 7.99. The molecule has 0 spiro atoms. The number of halogens is 1. The normalized spacial score (nSPS) is 22.7. The lowest BCUT2D eigenvalue weighted by Gasteiger charge is -2.29. The predicted octanol–water partition coefficient (Wildman–Crippen LogP) is 6.11. The fourth-order valence-electron chi connectivity index (χ4n) is 4.71. The van der Waals surface area contributed by atoms with Crippen molar-refractivity contribution in [3.05, 3.63) is 35.5 Å². The van der Waals surface area contributed by atoms with Crippen molar-refractivity contribution in [2.75, 3.05) is 5.75 Å². The Morgan fingerprint density at radius 3 is 2.55 bits per heavy atom. The number of aromatic nitrogens is 2. The van der Waals surface area contributed by atoms with E-state index >= 15 is 0 Å². The second-order valence-electron chi connectivity index (χ2n) is 8.47. The maximum Gasteiger partial charge on any atom is 0.230 e. The molecule has 1 N–H and O–H groups in total. The van der Waals surface area contributed by atoms with E-state index in [4.69, 9.17) is 16.6 Å². The molecule has 2 saturated carbocycles. The Kier molecular flexibility index (Phi) is 6.86. The second-order valence-corrected chi connectivity index (χ2v) is 9.84. The van der Waals surface area contributed by atoms with Gasteiger partial charge in [0.2, 0.25) is 5.91 Å². The Morgan fingerprint density at radius 2 is 1.83 bits per heavy atom. The summed E-state index contributed by atoms with van der Waals surface area (Å²) in [6.45, 7) is 2.25. The zero-order valence-electron chi connectivity index (χ0n) is 17.1. The Balaban J connectivity index is 1.48. The number of hydrogen-bond acceptors (Lipinski definition) is 3. The van der Waals surface area contributed by atoms with Crippen molar-refractivity contribution in [3.63, 3.8) is 0 Å². The lowest BCUT2D eigenvalue weighted by atomic mass is 9.86. The molecule has 2 aromatic rings. The van der Waals surface area contributed by atoms with E-state index in [0.717, 1.165) is 27.9 Å². The van der Waals surface area contributed by atoms with Crippen molar-refractivity contribution in [1.29, 1.82) is 0 Å². The van der Waals surface area contributed by atoms with Crippen LogP contribution in [0.25, 0.3) is 11.3 Å². The van der Waals surface area contributed by atoms with Gasteiger partial charge < -0.3 is 9.88 Å². The summed E-state index contributed by atoms with van der Waals surface area (Å²) in [5, 5.41) is 4.95. The third kappa shape index (κ3) is 5.00. The molecule has 156 valence electrons. The summed E-state index contributed by atoms with van der Waals surface area (Å²) in [7, 11) is 0. The fourth-order valence-corrected chi connectivity index (χ4v) is 5.69. The van der Waals surface area contributed by atoms with E-state index in [0.29, 0.717) is 23.8 Å². The first kappa shape index (κ1) is 20.8. The van der Waals surface area contributed by atoms with Crippen LogP contribution in [0.5, 0.6) is 0 Å². The minimum atomic E-state index is 0.128. The van der Waals surface area contributed by atoms with Gasteiger partial charge in [0.05, 0.1) is 17.6 Å². The van der Waals surface area contributed by atoms with Gasteiger partial charge >= 0.3 is 0 Å². The fraction of sp³-hybridized carbons (Fsp3) is 0.565. The van der Waals surface area contributed by atoms with Crippen LogP contribution < -0.4 is 5.32 Å². The number of thioether (sulfide) groups is 1. The van der Waals surface area contributed by atoms with Crippen LogP contribution in [-0.2, 0) is 4.79 Å². The zero-order chi connectivity index (χ0) is 20.2. The van der Waals surface area contributed by atoms with Crippen molar-refractivity contribution < 1.29 is 4.79 Å². The Bertz CT molecular complexity index is 829. The first-order valence-corrected chi connectivity index (χ1v) is 12.2. The van der Waals surface area contributed by atoms with Crippen molar-refractivity contribution in [1.82, 2.24) is 14.9 Å². The summed E-state index contributed by atoms with van der Waals surface area (Å²) in [6, 6.07) is 8.75. The summed E-state index contributed by atoms with van der Waals surface area (Å²) in [6.07, 6.45) is 11.6. The first-order chi connectivity index (χ1) is 14.1. The van der Waals surface area contributed by atoms with Gasteiger partial charge in [-0.15, -0.1) is 0 Å². The van der Waals surface area contributed by atoms with E-state index < -0.39 is 0 Å². The highest BCUT2D eigenvalue weighted by Crippen LogP contribution is 2.37.